The van der Waals surface area contributed by atoms with Gasteiger partial charge in [-0.15, -0.1) is 11.3 Å². The SMILES string of the molecule is Cc1ccc(F)c(-c2cc(S(=O)(=O)Cl)sc2Cl)c1. The van der Waals surface area contributed by atoms with Gasteiger partial charge in [0.15, 0.2) is 0 Å². The van der Waals surface area contributed by atoms with E-state index in [4.69, 9.17) is 22.3 Å². The minimum absolute atomic E-state index is 0.0925. The van der Waals surface area contributed by atoms with Gasteiger partial charge in [0, 0.05) is 21.8 Å². The number of halogens is 3. The molecule has 0 saturated carbocycles. The smallest absolute Gasteiger partial charge is 0.206 e. The van der Waals surface area contributed by atoms with Gasteiger partial charge >= 0.3 is 0 Å². The lowest BCUT2D eigenvalue weighted by atomic mass is 10.1. The van der Waals surface area contributed by atoms with Crippen molar-refractivity contribution in [2.24, 2.45) is 0 Å². The Bertz CT molecular complexity index is 708. The zero-order chi connectivity index (χ0) is 13.5. The summed E-state index contributed by atoms with van der Waals surface area (Å²) in [7, 11) is 1.38. The second kappa shape index (κ2) is 4.81. The van der Waals surface area contributed by atoms with Gasteiger partial charge in [-0.1, -0.05) is 23.2 Å². The summed E-state index contributed by atoms with van der Waals surface area (Å²) in [5.41, 5.74) is 1.45. The van der Waals surface area contributed by atoms with Crippen molar-refractivity contribution in [3.8, 4) is 11.1 Å². The number of rotatable bonds is 2. The molecule has 0 spiro atoms. The van der Waals surface area contributed by atoms with E-state index < -0.39 is 14.9 Å². The fraction of sp³-hybridized carbons (Fsp3) is 0.0909. The first-order valence-electron chi connectivity index (χ1n) is 4.79. The first-order chi connectivity index (χ1) is 8.29. The summed E-state index contributed by atoms with van der Waals surface area (Å²) >= 11 is 6.75. The average Bonchev–Trinajstić information content (AvgIpc) is 2.64. The largest absolute Gasteiger partial charge is 0.270 e. The zero-order valence-electron chi connectivity index (χ0n) is 9.08. The van der Waals surface area contributed by atoms with Gasteiger partial charge in [0.25, 0.3) is 9.05 Å². The van der Waals surface area contributed by atoms with E-state index in [9.17, 15) is 12.8 Å². The van der Waals surface area contributed by atoms with E-state index in [-0.39, 0.29) is 14.1 Å². The summed E-state index contributed by atoms with van der Waals surface area (Å²) in [4.78, 5) is 0. The summed E-state index contributed by atoms with van der Waals surface area (Å²) in [5, 5.41) is 0. The van der Waals surface area contributed by atoms with Gasteiger partial charge in [0.05, 0.1) is 0 Å². The first kappa shape index (κ1) is 13.8. The molecule has 2 aromatic rings. The highest BCUT2D eigenvalue weighted by Gasteiger charge is 2.19. The Kier molecular flexibility index (Phi) is 3.69. The van der Waals surface area contributed by atoms with Crippen LogP contribution in [0.4, 0.5) is 4.39 Å². The standard InChI is InChI=1S/C11H7Cl2FO2S2/c1-6-2-3-9(14)7(4-6)8-5-10(17-11(8)12)18(13,15)16/h2-5H,1H3. The lowest BCUT2D eigenvalue weighted by Gasteiger charge is -2.02. The maximum atomic E-state index is 13.7. The molecular formula is C11H7Cl2FO2S2. The molecular weight excluding hydrogens is 318 g/mol. The van der Waals surface area contributed by atoms with E-state index >= 15 is 0 Å². The topological polar surface area (TPSA) is 34.1 Å². The molecule has 0 saturated heterocycles. The van der Waals surface area contributed by atoms with E-state index in [1.165, 1.54) is 12.1 Å². The lowest BCUT2D eigenvalue weighted by molar-refractivity contribution is 0.611. The highest BCUT2D eigenvalue weighted by Crippen LogP contribution is 2.40. The maximum absolute atomic E-state index is 13.7. The number of thiophene rings is 1. The molecule has 1 aromatic heterocycles. The monoisotopic (exact) mass is 324 g/mol. The molecule has 0 unspecified atom stereocenters. The van der Waals surface area contributed by atoms with Gasteiger partial charge in [-0.3, -0.25) is 0 Å². The predicted molar refractivity (Wildman–Crippen MR) is 72.5 cm³/mol. The fourth-order valence-corrected chi connectivity index (χ4v) is 4.00. The van der Waals surface area contributed by atoms with Crippen molar-refractivity contribution in [1.82, 2.24) is 0 Å². The summed E-state index contributed by atoms with van der Waals surface area (Å²) in [6.45, 7) is 1.81. The summed E-state index contributed by atoms with van der Waals surface area (Å²) in [5.74, 6) is -0.459. The second-order valence-electron chi connectivity index (χ2n) is 3.67. The molecule has 0 atom stereocenters. The van der Waals surface area contributed by atoms with Gasteiger partial charge in [0.2, 0.25) is 0 Å². The van der Waals surface area contributed by atoms with Crippen LogP contribution in [-0.4, -0.2) is 8.42 Å². The van der Waals surface area contributed by atoms with E-state index in [1.54, 1.807) is 12.1 Å². The van der Waals surface area contributed by atoms with Crippen molar-refractivity contribution >= 4 is 42.7 Å². The lowest BCUT2D eigenvalue weighted by Crippen LogP contribution is -1.86. The molecule has 0 amide bonds. The fourth-order valence-electron chi connectivity index (χ4n) is 1.50. The molecule has 7 heteroatoms. The Balaban J connectivity index is 2.65. The number of hydrogen-bond donors (Lipinski definition) is 0. The van der Waals surface area contributed by atoms with Crippen molar-refractivity contribution < 1.29 is 12.8 Å². The summed E-state index contributed by atoms with van der Waals surface area (Å²) in [6.07, 6.45) is 0. The minimum Gasteiger partial charge on any atom is -0.206 e. The molecule has 2 nitrogen and oxygen atoms in total. The van der Waals surface area contributed by atoms with Gasteiger partial charge in [0.1, 0.15) is 14.4 Å². The van der Waals surface area contributed by atoms with Gasteiger partial charge in [-0.25, -0.2) is 12.8 Å². The second-order valence-corrected chi connectivity index (χ2v) is 8.12. The third kappa shape index (κ3) is 2.69. The zero-order valence-corrected chi connectivity index (χ0v) is 12.2. The van der Waals surface area contributed by atoms with Gasteiger partial charge in [-0.2, -0.15) is 0 Å². The Morgan fingerprint density at radius 1 is 1.22 bits per heavy atom. The Hall–Kier alpha value is -0.620. The predicted octanol–water partition coefficient (Wildman–Crippen LogP) is 4.44. The Labute approximate surface area is 117 Å². The van der Waals surface area contributed by atoms with Crippen molar-refractivity contribution in [2.45, 2.75) is 11.1 Å². The molecule has 18 heavy (non-hydrogen) atoms. The van der Waals surface area contributed by atoms with Crippen LogP contribution in [0.3, 0.4) is 0 Å². The molecule has 2 rings (SSSR count). The molecule has 1 aromatic carbocycles. The molecule has 0 aliphatic heterocycles. The minimum atomic E-state index is -3.85. The van der Waals surface area contributed by atoms with Crippen molar-refractivity contribution in [1.29, 1.82) is 0 Å². The normalized spacial score (nSPS) is 11.8. The van der Waals surface area contributed by atoms with Crippen LogP contribution < -0.4 is 0 Å². The molecule has 0 radical (unpaired) electrons. The number of hydrogen-bond acceptors (Lipinski definition) is 3. The third-order valence-corrected chi connectivity index (χ3v) is 5.75. The van der Waals surface area contributed by atoms with Crippen LogP contribution in [0.1, 0.15) is 5.56 Å². The Morgan fingerprint density at radius 3 is 2.44 bits per heavy atom. The van der Waals surface area contributed by atoms with E-state index in [0.717, 1.165) is 16.9 Å². The molecule has 0 fully saturated rings. The van der Waals surface area contributed by atoms with Gasteiger partial charge < -0.3 is 0 Å². The third-order valence-electron chi connectivity index (χ3n) is 2.32. The summed E-state index contributed by atoms with van der Waals surface area (Å²) < 4.78 is 36.2. The summed E-state index contributed by atoms with van der Waals surface area (Å²) in [6, 6.07) is 5.83. The van der Waals surface area contributed by atoms with Crippen LogP contribution in [0, 0.1) is 12.7 Å². The van der Waals surface area contributed by atoms with Crippen LogP contribution in [0.2, 0.25) is 4.34 Å². The molecule has 1 heterocycles. The Morgan fingerprint density at radius 2 is 1.89 bits per heavy atom. The maximum Gasteiger partial charge on any atom is 0.270 e. The van der Waals surface area contributed by atoms with E-state index in [0.29, 0.717) is 5.56 Å². The van der Waals surface area contributed by atoms with Crippen molar-refractivity contribution in [3.63, 3.8) is 0 Å². The average molecular weight is 325 g/mol. The van der Waals surface area contributed by atoms with Crippen LogP contribution in [0.5, 0.6) is 0 Å². The quantitative estimate of drug-likeness (QED) is 0.765. The molecule has 0 N–H and O–H groups in total. The van der Waals surface area contributed by atoms with Crippen LogP contribution in [0.25, 0.3) is 11.1 Å². The number of benzene rings is 1. The van der Waals surface area contributed by atoms with Crippen LogP contribution >= 0.6 is 33.6 Å². The van der Waals surface area contributed by atoms with Crippen molar-refractivity contribution in [3.05, 3.63) is 40.0 Å². The van der Waals surface area contributed by atoms with Crippen LogP contribution in [-0.2, 0) is 9.05 Å². The molecule has 0 aliphatic rings. The number of aryl methyl sites for hydroxylation is 1. The van der Waals surface area contributed by atoms with E-state index in [1.807, 2.05) is 6.92 Å². The first-order valence-corrected chi connectivity index (χ1v) is 8.30. The molecule has 0 bridgehead atoms. The molecule has 0 aliphatic carbocycles. The van der Waals surface area contributed by atoms with Crippen LogP contribution in [0.15, 0.2) is 28.5 Å². The highest BCUT2D eigenvalue weighted by molar-refractivity contribution is 8.15. The highest BCUT2D eigenvalue weighted by atomic mass is 35.7. The van der Waals surface area contributed by atoms with E-state index in [2.05, 4.69) is 0 Å². The molecule has 96 valence electrons. The van der Waals surface area contributed by atoms with Gasteiger partial charge in [-0.05, 0) is 25.1 Å². The van der Waals surface area contributed by atoms with Crippen molar-refractivity contribution in [2.75, 3.05) is 0 Å².